The smallest absolute Gasteiger partial charge is 0.252 e. The number of carbonyl (C=O) groups excluding carboxylic acids is 1. The van der Waals surface area contributed by atoms with Crippen LogP contribution in [0, 0.1) is 5.82 Å². The molecular formula is C19H28FN3O2. The van der Waals surface area contributed by atoms with Gasteiger partial charge in [0.15, 0.2) is 0 Å². The molecule has 0 aromatic heterocycles. The number of hydrogen-bond donors (Lipinski definition) is 2. The molecule has 0 unspecified atom stereocenters. The van der Waals surface area contributed by atoms with Crippen LogP contribution in [0.5, 0.6) is 0 Å². The second-order valence-corrected chi connectivity index (χ2v) is 7.10. The minimum Gasteiger partial charge on any atom is -0.368 e. The first-order valence-corrected chi connectivity index (χ1v) is 9.15. The Kier molecular flexibility index (Phi) is 6.04. The van der Waals surface area contributed by atoms with Crippen LogP contribution >= 0.6 is 0 Å². The summed E-state index contributed by atoms with van der Waals surface area (Å²) in [6.45, 7) is 4.33. The number of halogens is 1. The van der Waals surface area contributed by atoms with Crippen LogP contribution in [0.3, 0.4) is 0 Å². The Balaban J connectivity index is 1.47. The van der Waals surface area contributed by atoms with Crippen molar-refractivity contribution in [1.29, 1.82) is 0 Å². The van der Waals surface area contributed by atoms with Crippen molar-refractivity contribution in [2.45, 2.75) is 43.9 Å². The van der Waals surface area contributed by atoms with Crippen molar-refractivity contribution in [2.75, 3.05) is 33.3 Å². The van der Waals surface area contributed by atoms with E-state index < -0.39 is 5.60 Å². The van der Waals surface area contributed by atoms with E-state index in [-0.39, 0.29) is 17.8 Å². The number of benzene rings is 1. The van der Waals surface area contributed by atoms with Crippen LogP contribution in [0.1, 0.15) is 31.2 Å². The SMILES string of the molecule is COC1(C(=O)NC2CCN(Cc3ccc(F)cc3)CC2)CCNCC1. The molecule has 1 aromatic rings. The normalized spacial score (nSPS) is 21.8. The van der Waals surface area contributed by atoms with Crippen molar-refractivity contribution >= 4 is 5.91 Å². The predicted molar refractivity (Wildman–Crippen MR) is 94.7 cm³/mol. The quantitative estimate of drug-likeness (QED) is 0.849. The fraction of sp³-hybridized carbons (Fsp3) is 0.632. The Labute approximate surface area is 148 Å². The lowest BCUT2D eigenvalue weighted by molar-refractivity contribution is -0.147. The molecule has 2 saturated heterocycles. The van der Waals surface area contributed by atoms with Gasteiger partial charge in [-0.2, -0.15) is 0 Å². The first-order chi connectivity index (χ1) is 12.1. The Morgan fingerprint density at radius 1 is 1.28 bits per heavy atom. The number of methoxy groups -OCH3 is 1. The van der Waals surface area contributed by atoms with Crippen molar-refractivity contribution in [3.05, 3.63) is 35.6 Å². The molecular weight excluding hydrogens is 321 g/mol. The van der Waals surface area contributed by atoms with Gasteiger partial charge in [0.2, 0.25) is 0 Å². The third-order valence-corrected chi connectivity index (χ3v) is 5.46. The lowest BCUT2D eigenvalue weighted by Gasteiger charge is -2.38. The van der Waals surface area contributed by atoms with E-state index in [0.717, 1.165) is 64.0 Å². The molecule has 3 rings (SSSR count). The van der Waals surface area contributed by atoms with Gasteiger partial charge in [0.1, 0.15) is 11.4 Å². The fourth-order valence-electron chi connectivity index (χ4n) is 3.75. The predicted octanol–water partition coefficient (Wildman–Crippen LogP) is 1.67. The Morgan fingerprint density at radius 2 is 1.92 bits per heavy atom. The second kappa shape index (κ2) is 8.25. The van der Waals surface area contributed by atoms with Crippen molar-refractivity contribution < 1.29 is 13.9 Å². The molecule has 0 atom stereocenters. The van der Waals surface area contributed by atoms with Gasteiger partial charge < -0.3 is 15.4 Å². The standard InChI is InChI=1S/C19H28FN3O2/c1-25-19(8-10-21-11-9-19)18(24)22-17-6-12-23(13-7-17)14-15-2-4-16(20)5-3-15/h2-5,17,21H,6-14H2,1H3,(H,22,24). The van der Waals surface area contributed by atoms with E-state index in [9.17, 15) is 9.18 Å². The van der Waals surface area contributed by atoms with E-state index in [2.05, 4.69) is 15.5 Å². The third-order valence-electron chi connectivity index (χ3n) is 5.46. The molecule has 0 aliphatic carbocycles. The maximum atomic E-state index is 13.0. The summed E-state index contributed by atoms with van der Waals surface area (Å²) in [5.74, 6) is -0.163. The van der Waals surface area contributed by atoms with Crippen molar-refractivity contribution in [3.63, 3.8) is 0 Å². The van der Waals surface area contributed by atoms with Gasteiger partial charge in [-0.3, -0.25) is 9.69 Å². The fourth-order valence-corrected chi connectivity index (χ4v) is 3.75. The van der Waals surface area contributed by atoms with Crippen LogP contribution in [-0.4, -0.2) is 55.7 Å². The summed E-state index contributed by atoms with van der Waals surface area (Å²) in [7, 11) is 1.64. The lowest BCUT2D eigenvalue weighted by Crippen LogP contribution is -2.57. The van der Waals surface area contributed by atoms with Gasteiger partial charge in [0.05, 0.1) is 0 Å². The number of piperidine rings is 2. The summed E-state index contributed by atoms with van der Waals surface area (Å²) in [5, 5.41) is 6.48. The molecule has 1 aromatic carbocycles. The Hall–Kier alpha value is -1.50. The highest BCUT2D eigenvalue weighted by molar-refractivity contribution is 5.85. The summed E-state index contributed by atoms with van der Waals surface area (Å²) < 4.78 is 18.6. The van der Waals surface area contributed by atoms with Crippen LogP contribution in [0.2, 0.25) is 0 Å². The average Bonchev–Trinajstić information content (AvgIpc) is 2.65. The van der Waals surface area contributed by atoms with E-state index in [4.69, 9.17) is 4.74 Å². The molecule has 0 saturated carbocycles. The number of nitrogens with zero attached hydrogens (tertiary/aromatic N) is 1. The number of ether oxygens (including phenoxy) is 1. The molecule has 2 N–H and O–H groups in total. The molecule has 0 spiro atoms. The zero-order valence-corrected chi connectivity index (χ0v) is 14.9. The molecule has 0 bridgehead atoms. The summed E-state index contributed by atoms with van der Waals surface area (Å²) in [6, 6.07) is 6.89. The van der Waals surface area contributed by atoms with Gasteiger partial charge in [-0.05, 0) is 56.5 Å². The zero-order valence-electron chi connectivity index (χ0n) is 14.9. The van der Waals surface area contributed by atoms with Gasteiger partial charge in [0.25, 0.3) is 5.91 Å². The van der Waals surface area contributed by atoms with E-state index in [1.165, 1.54) is 12.1 Å². The van der Waals surface area contributed by atoms with Crippen LogP contribution < -0.4 is 10.6 Å². The van der Waals surface area contributed by atoms with Crippen molar-refractivity contribution in [3.8, 4) is 0 Å². The van der Waals surface area contributed by atoms with E-state index in [1.54, 1.807) is 7.11 Å². The van der Waals surface area contributed by atoms with Crippen LogP contribution in [0.15, 0.2) is 24.3 Å². The topological polar surface area (TPSA) is 53.6 Å². The maximum Gasteiger partial charge on any atom is 0.252 e. The number of rotatable bonds is 5. The molecule has 6 heteroatoms. The molecule has 2 fully saturated rings. The summed E-state index contributed by atoms with van der Waals surface area (Å²) in [5.41, 5.74) is 0.452. The van der Waals surface area contributed by atoms with Gasteiger partial charge in [0, 0.05) is 32.8 Å². The van der Waals surface area contributed by atoms with Crippen LogP contribution in [0.4, 0.5) is 4.39 Å². The largest absolute Gasteiger partial charge is 0.368 e. The highest BCUT2D eigenvalue weighted by atomic mass is 19.1. The summed E-state index contributed by atoms with van der Waals surface area (Å²) >= 11 is 0. The van der Waals surface area contributed by atoms with Crippen molar-refractivity contribution in [1.82, 2.24) is 15.5 Å². The molecule has 2 heterocycles. The molecule has 138 valence electrons. The second-order valence-electron chi connectivity index (χ2n) is 7.10. The monoisotopic (exact) mass is 349 g/mol. The third kappa shape index (κ3) is 4.57. The number of nitrogens with one attached hydrogen (secondary N) is 2. The number of amides is 1. The van der Waals surface area contributed by atoms with Gasteiger partial charge >= 0.3 is 0 Å². The minimum atomic E-state index is -0.670. The van der Waals surface area contributed by atoms with Crippen molar-refractivity contribution in [2.24, 2.45) is 0 Å². The highest BCUT2D eigenvalue weighted by Gasteiger charge is 2.40. The van der Waals surface area contributed by atoms with Crippen LogP contribution in [0.25, 0.3) is 0 Å². The maximum absolute atomic E-state index is 13.0. The van der Waals surface area contributed by atoms with E-state index >= 15 is 0 Å². The highest BCUT2D eigenvalue weighted by Crippen LogP contribution is 2.24. The molecule has 5 nitrogen and oxygen atoms in total. The molecule has 2 aliphatic heterocycles. The van der Waals surface area contributed by atoms with Crippen LogP contribution in [-0.2, 0) is 16.1 Å². The molecule has 25 heavy (non-hydrogen) atoms. The molecule has 2 aliphatic rings. The summed E-state index contributed by atoms with van der Waals surface area (Å²) in [4.78, 5) is 15.1. The first kappa shape index (κ1) is 18.3. The number of hydrogen-bond acceptors (Lipinski definition) is 4. The van der Waals surface area contributed by atoms with E-state index in [0.29, 0.717) is 0 Å². The number of likely N-dealkylation sites (tertiary alicyclic amines) is 1. The van der Waals surface area contributed by atoms with E-state index in [1.807, 2.05) is 12.1 Å². The summed E-state index contributed by atoms with van der Waals surface area (Å²) in [6.07, 6.45) is 3.31. The van der Waals surface area contributed by atoms with Gasteiger partial charge in [-0.25, -0.2) is 4.39 Å². The Morgan fingerprint density at radius 3 is 2.52 bits per heavy atom. The Bertz CT molecular complexity index is 565. The molecule has 1 amide bonds. The number of carbonyl (C=O) groups is 1. The average molecular weight is 349 g/mol. The minimum absolute atomic E-state index is 0.0356. The zero-order chi connectivity index (χ0) is 17.7. The lowest BCUT2D eigenvalue weighted by atomic mass is 9.90. The van der Waals surface area contributed by atoms with Gasteiger partial charge in [-0.15, -0.1) is 0 Å². The van der Waals surface area contributed by atoms with Gasteiger partial charge in [-0.1, -0.05) is 12.1 Å². The first-order valence-electron chi connectivity index (χ1n) is 9.15. The molecule has 0 radical (unpaired) electrons.